The summed E-state index contributed by atoms with van der Waals surface area (Å²) in [6.07, 6.45) is 1.15. The average Bonchev–Trinajstić information content (AvgIpc) is 2.41. The van der Waals surface area contributed by atoms with Crippen molar-refractivity contribution in [3.63, 3.8) is 0 Å². The van der Waals surface area contributed by atoms with Gasteiger partial charge >= 0.3 is 0 Å². The number of nitrogens with one attached hydrogen (secondary N) is 2. The van der Waals surface area contributed by atoms with Gasteiger partial charge in [-0.25, -0.2) is 9.37 Å². The summed E-state index contributed by atoms with van der Waals surface area (Å²) in [4.78, 5) is 7.90. The molecule has 0 bridgehead atoms. The Morgan fingerprint density at radius 1 is 1.21 bits per heavy atom. The molecular weight excluding hydrogens is 243 g/mol. The summed E-state index contributed by atoms with van der Waals surface area (Å²) in [5.41, 5.74) is 1.98. The highest BCUT2D eigenvalue weighted by molar-refractivity contribution is 5.62. The molecule has 0 aliphatic rings. The van der Waals surface area contributed by atoms with Crippen molar-refractivity contribution in [3.05, 3.63) is 41.8 Å². The first-order valence-corrected chi connectivity index (χ1v) is 6.18. The molecule has 0 radical (unpaired) electrons. The van der Waals surface area contributed by atoms with Crippen LogP contribution in [0.15, 0.2) is 30.5 Å². The summed E-state index contributed by atoms with van der Waals surface area (Å²) in [5.74, 6) is 0.424. The Hall–Kier alpha value is -2.17. The predicted molar refractivity (Wildman–Crippen MR) is 75.4 cm³/mol. The van der Waals surface area contributed by atoms with Gasteiger partial charge < -0.3 is 10.6 Å². The topological polar surface area (TPSA) is 49.8 Å². The number of nitrogens with zero attached hydrogens (tertiary/aromatic N) is 2. The van der Waals surface area contributed by atoms with E-state index in [-0.39, 0.29) is 5.82 Å². The van der Waals surface area contributed by atoms with Crippen LogP contribution in [0.5, 0.6) is 0 Å². The van der Waals surface area contributed by atoms with E-state index in [2.05, 4.69) is 34.4 Å². The van der Waals surface area contributed by atoms with Gasteiger partial charge in [0.1, 0.15) is 0 Å². The summed E-state index contributed by atoms with van der Waals surface area (Å²) >= 11 is 0. The van der Waals surface area contributed by atoms with Gasteiger partial charge in [0.25, 0.3) is 0 Å². The van der Waals surface area contributed by atoms with E-state index in [1.807, 2.05) is 24.3 Å². The zero-order valence-corrected chi connectivity index (χ0v) is 11.2. The molecule has 0 amide bonds. The number of hydrogen-bond donors (Lipinski definition) is 2. The zero-order chi connectivity index (χ0) is 13.8. The van der Waals surface area contributed by atoms with Gasteiger partial charge in [0.2, 0.25) is 5.95 Å². The lowest BCUT2D eigenvalue weighted by atomic mass is 10.0. The second kappa shape index (κ2) is 5.65. The Labute approximate surface area is 112 Å². The van der Waals surface area contributed by atoms with Crippen LogP contribution in [-0.4, -0.2) is 17.0 Å². The Bertz CT molecular complexity index is 569. The first kappa shape index (κ1) is 13.3. The maximum Gasteiger partial charge on any atom is 0.224 e. The van der Waals surface area contributed by atoms with Crippen molar-refractivity contribution in [3.8, 4) is 0 Å². The molecule has 2 rings (SSSR count). The standard InChI is InChI=1S/C14H17FN4/c1-9(2)10-6-4-5-7-12(10)18-13-11(15)8-17-14(16-3)19-13/h4-9H,1-3H3,(H2,16,17,18,19). The van der Waals surface area contributed by atoms with Crippen molar-refractivity contribution in [2.75, 3.05) is 17.7 Å². The molecule has 1 heterocycles. The van der Waals surface area contributed by atoms with Crippen LogP contribution in [0.25, 0.3) is 0 Å². The average molecular weight is 260 g/mol. The minimum atomic E-state index is -0.474. The molecule has 0 aliphatic heterocycles. The third kappa shape index (κ3) is 2.99. The normalized spacial score (nSPS) is 10.6. The van der Waals surface area contributed by atoms with Crippen LogP contribution in [-0.2, 0) is 0 Å². The molecule has 0 atom stereocenters. The molecular formula is C14H17FN4. The second-order valence-corrected chi connectivity index (χ2v) is 4.51. The summed E-state index contributed by atoms with van der Waals surface area (Å²) in [6.45, 7) is 4.19. The SMILES string of the molecule is CNc1ncc(F)c(Nc2ccccc2C(C)C)n1. The van der Waals surface area contributed by atoms with Crippen LogP contribution in [0, 0.1) is 5.82 Å². The molecule has 0 unspecified atom stereocenters. The fourth-order valence-corrected chi connectivity index (χ4v) is 1.82. The van der Waals surface area contributed by atoms with Crippen molar-refractivity contribution in [1.82, 2.24) is 9.97 Å². The highest BCUT2D eigenvalue weighted by atomic mass is 19.1. The van der Waals surface area contributed by atoms with Gasteiger partial charge in [0.05, 0.1) is 6.20 Å². The number of hydrogen-bond acceptors (Lipinski definition) is 4. The number of para-hydroxylation sites is 1. The van der Waals surface area contributed by atoms with E-state index >= 15 is 0 Å². The molecule has 19 heavy (non-hydrogen) atoms. The van der Waals surface area contributed by atoms with E-state index in [4.69, 9.17) is 0 Å². The van der Waals surface area contributed by atoms with E-state index < -0.39 is 5.82 Å². The molecule has 4 nitrogen and oxygen atoms in total. The summed E-state index contributed by atoms with van der Waals surface area (Å²) in [6, 6.07) is 7.81. The minimum absolute atomic E-state index is 0.174. The van der Waals surface area contributed by atoms with E-state index in [1.165, 1.54) is 0 Å². The fourth-order valence-electron chi connectivity index (χ4n) is 1.82. The third-order valence-corrected chi connectivity index (χ3v) is 2.80. The minimum Gasteiger partial charge on any atom is -0.357 e. The highest BCUT2D eigenvalue weighted by Crippen LogP contribution is 2.27. The number of anilines is 3. The van der Waals surface area contributed by atoms with Gasteiger partial charge in [0, 0.05) is 12.7 Å². The quantitative estimate of drug-likeness (QED) is 0.883. The first-order valence-electron chi connectivity index (χ1n) is 6.18. The second-order valence-electron chi connectivity index (χ2n) is 4.51. The van der Waals surface area contributed by atoms with Crippen LogP contribution >= 0.6 is 0 Å². The Morgan fingerprint density at radius 3 is 2.63 bits per heavy atom. The summed E-state index contributed by atoms with van der Waals surface area (Å²) in [7, 11) is 1.69. The molecule has 2 N–H and O–H groups in total. The van der Waals surface area contributed by atoms with Gasteiger partial charge in [0.15, 0.2) is 11.6 Å². The number of halogens is 1. The van der Waals surface area contributed by atoms with Gasteiger partial charge in [-0.1, -0.05) is 32.0 Å². The molecule has 0 saturated heterocycles. The monoisotopic (exact) mass is 260 g/mol. The lowest BCUT2D eigenvalue weighted by Crippen LogP contribution is -2.04. The Kier molecular flexibility index (Phi) is 3.94. The summed E-state index contributed by atoms with van der Waals surface area (Å²) < 4.78 is 13.7. The Morgan fingerprint density at radius 2 is 1.95 bits per heavy atom. The fraction of sp³-hybridized carbons (Fsp3) is 0.286. The molecule has 0 aliphatic carbocycles. The van der Waals surface area contributed by atoms with E-state index in [1.54, 1.807) is 7.05 Å². The smallest absolute Gasteiger partial charge is 0.224 e. The zero-order valence-electron chi connectivity index (χ0n) is 11.2. The van der Waals surface area contributed by atoms with Gasteiger partial charge in [-0.15, -0.1) is 0 Å². The third-order valence-electron chi connectivity index (χ3n) is 2.80. The van der Waals surface area contributed by atoms with Crippen molar-refractivity contribution < 1.29 is 4.39 Å². The van der Waals surface area contributed by atoms with Crippen molar-refractivity contribution in [1.29, 1.82) is 0 Å². The van der Waals surface area contributed by atoms with Crippen LogP contribution in [0.4, 0.5) is 21.8 Å². The van der Waals surface area contributed by atoms with Crippen molar-refractivity contribution >= 4 is 17.5 Å². The lowest BCUT2D eigenvalue weighted by Gasteiger charge is -2.14. The molecule has 0 spiro atoms. The number of aromatic nitrogens is 2. The van der Waals surface area contributed by atoms with Crippen LogP contribution in [0.1, 0.15) is 25.3 Å². The maximum atomic E-state index is 13.7. The molecule has 1 aromatic carbocycles. The van der Waals surface area contributed by atoms with E-state index in [0.29, 0.717) is 11.9 Å². The number of rotatable bonds is 4. The lowest BCUT2D eigenvalue weighted by molar-refractivity contribution is 0.619. The molecule has 100 valence electrons. The number of benzene rings is 1. The van der Waals surface area contributed by atoms with Crippen molar-refractivity contribution in [2.24, 2.45) is 0 Å². The van der Waals surface area contributed by atoms with Crippen LogP contribution in [0.2, 0.25) is 0 Å². The van der Waals surface area contributed by atoms with Crippen molar-refractivity contribution in [2.45, 2.75) is 19.8 Å². The predicted octanol–water partition coefficient (Wildman–Crippen LogP) is 3.52. The molecule has 1 aromatic heterocycles. The largest absolute Gasteiger partial charge is 0.357 e. The van der Waals surface area contributed by atoms with Gasteiger partial charge in [-0.05, 0) is 17.5 Å². The molecule has 5 heteroatoms. The molecule has 2 aromatic rings. The van der Waals surface area contributed by atoms with Crippen LogP contribution in [0.3, 0.4) is 0 Å². The highest BCUT2D eigenvalue weighted by Gasteiger charge is 2.10. The van der Waals surface area contributed by atoms with Crippen LogP contribution < -0.4 is 10.6 Å². The van der Waals surface area contributed by atoms with Gasteiger partial charge in [-0.2, -0.15) is 4.98 Å². The van der Waals surface area contributed by atoms with Gasteiger partial charge in [-0.3, -0.25) is 0 Å². The van der Waals surface area contributed by atoms with E-state index in [0.717, 1.165) is 17.4 Å². The van der Waals surface area contributed by atoms with E-state index in [9.17, 15) is 4.39 Å². The maximum absolute atomic E-state index is 13.7. The molecule has 0 fully saturated rings. The first-order chi connectivity index (χ1) is 9.11. The Balaban J connectivity index is 2.36. The molecule has 0 saturated carbocycles. The summed E-state index contributed by atoms with van der Waals surface area (Å²) in [5, 5.41) is 5.82.